The Morgan fingerprint density at radius 2 is 2.35 bits per heavy atom. The second-order valence-electron chi connectivity index (χ2n) is 4.21. The van der Waals surface area contributed by atoms with Crippen molar-refractivity contribution < 1.29 is 14.7 Å². The zero-order valence-corrected chi connectivity index (χ0v) is 12.1. The van der Waals surface area contributed by atoms with Crippen LogP contribution in [0.3, 0.4) is 0 Å². The van der Waals surface area contributed by atoms with Gasteiger partial charge in [-0.25, -0.2) is 9.78 Å². The Hall–Kier alpha value is -1.86. The number of aliphatic carboxylic acids is 1. The highest BCUT2D eigenvalue weighted by Crippen LogP contribution is 2.27. The molecule has 0 saturated carbocycles. The maximum absolute atomic E-state index is 12.0. The summed E-state index contributed by atoms with van der Waals surface area (Å²) in [6.07, 6.45) is 3.10. The van der Waals surface area contributed by atoms with E-state index >= 15 is 0 Å². The van der Waals surface area contributed by atoms with Crippen LogP contribution in [-0.4, -0.2) is 33.0 Å². The first-order valence-corrected chi connectivity index (χ1v) is 6.99. The number of thiophene rings is 1. The lowest BCUT2D eigenvalue weighted by Crippen LogP contribution is -2.42. The maximum Gasteiger partial charge on any atom is 0.326 e. The van der Waals surface area contributed by atoms with Gasteiger partial charge in [-0.05, 0) is 17.9 Å². The molecule has 1 amide bonds. The van der Waals surface area contributed by atoms with Crippen LogP contribution < -0.4 is 5.32 Å². The molecule has 2 rings (SSSR count). The summed E-state index contributed by atoms with van der Waals surface area (Å²) in [6.45, 7) is 1.79. The molecule has 0 spiro atoms. The predicted molar refractivity (Wildman–Crippen MR) is 75.2 cm³/mol. The zero-order valence-electron chi connectivity index (χ0n) is 10.5. The standard InChI is InChI=1S/C12H12ClN3O3S/c1-6-4-20-10(9(6)13)11(17)16-8(12(18)19)2-7-3-14-5-15-7/h3-5,8H,2H2,1H3,(H,14,15)(H,16,17)(H,18,19)/t8-/m1/s1. The molecule has 106 valence electrons. The van der Waals surface area contributed by atoms with Gasteiger partial charge in [-0.3, -0.25) is 4.79 Å². The van der Waals surface area contributed by atoms with E-state index in [9.17, 15) is 9.59 Å². The van der Waals surface area contributed by atoms with Crippen molar-refractivity contribution in [3.63, 3.8) is 0 Å². The highest BCUT2D eigenvalue weighted by Gasteiger charge is 2.24. The summed E-state index contributed by atoms with van der Waals surface area (Å²) in [5.74, 6) is -1.60. The van der Waals surface area contributed by atoms with E-state index in [1.54, 1.807) is 12.3 Å². The van der Waals surface area contributed by atoms with Crippen LogP contribution in [0.2, 0.25) is 5.02 Å². The van der Waals surface area contributed by atoms with Crippen LogP contribution in [0.15, 0.2) is 17.9 Å². The largest absolute Gasteiger partial charge is 0.480 e. The number of carboxylic acids is 1. The molecule has 0 aromatic carbocycles. The van der Waals surface area contributed by atoms with Gasteiger partial charge in [-0.2, -0.15) is 0 Å². The van der Waals surface area contributed by atoms with Crippen LogP contribution in [-0.2, 0) is 11.2 Å². The number of hydrogen-bond donors (Lipinski definition) is 3. The van der Waals surface area contributed by atoms with E-state index in [4.69, 9.17) is 16.7 Å². The lowest BCUT2D eigenvalue weighted by atomic mass is 10.1. The second kappa shape index (κ2) is 6.06. The molecule has 6 nitrogen and oxygen atoms in total. The monoisotopic (exact) mass is 313 g/mol. The number of nitrogens with one attached hydrogen (secondary N) is 2. The van der Waals surface area contributed by atoms with Crippen LogP contribution in [0.1, 0.15) is 20.9 Å². The average molecular weight is 314 g/mol. The van der Waals surface area contributed by atoms with Crippen molar-refractivity contribution in [1.29, 1.82) is 0 Å². The first kappa shape index (κ1) is 14.5. The van der Waals surface area contributed by atoms with Crippen molar-refractivity contribution in [1.82, 2.24) is 15.3 Å². The van der Waals surface area contributed by atoms with Crippen molar-refractivity contribution in [2.45, 2.75) is 19.4 Å². The molecule has 1 atom stereocenters. The quantitative estimate of drug-likeness (QED) is 0.785. The van der Waals surface area contributed by atoms with Gasteiger partial charge in [-0.1, -0.05) is 11.6 Å². The molecule has 2 aromatic heterocycles. The van der Waals surface area contributed by atoms with Gasteiger partial charge in [0.15, 0.2) is 0 Å². The smallest absolute Gasteiger partial charge is 0.326 e. The second-order valence-corrected chi connectivity index (χ2v) is 5.46. The molecule has 0 unspecified atom stereocenters. The summed E-state index contributed by atoms with van der Waals surface area (Å²) in [5, 5.41) is 13.7. The number of amides is 1. The molecule has 20 heavy (non-hydrogen) atoms. The number of aromatic amines is 1. The number of hydrogen-bond acceptors (Lipinski definition) is 4. The third-order valence-electron chi connectivity index (χ3n) is 2.69. The number of H-pyrrole nitrogens is 1. The summed E-state index contributed by atoms with van der Waals surface area (Å²) in [5.41, 5.74) is 1.42. The minimum absolute atomic E-state index is 0.128. The number of aromatic nitrogens is 2. The van der Waals surface area contributed by atoms with E-state index in [0.717, 1.165) is 5.56 Å². The van der Waals surface area contributed by atoms with E-state index in [1.807, 2.05) is 0 Å². The van der Waals surface area contributed by atoms with Crippen LogP contribution in [0, 0.1) is 6.92 Å². The van der Waals surface area contributed by atoms with Crippen molar-refractivity contribution in [2.24, 2.45) is 0 Å². The third-order valence-corrected chi connectivity index (χ3v) is 4.38. The first-order chi connectivity index (χ1) is 9.49. The van der Waals surface area contributed by atoms with E-state index in [0.29, 0.717) is 15.6 Å². The number of carboxylic acid groups (broad SMARTS) is 1. The fraction of sp³-hybridized carbons (Fsp3) is 0.250. The predicted octanol–water partition coefficient (Wildman–Crippen LogP) is 1.86. The van der Waals surface area contributed by atoms with Crippen molar-refractivity contribution in [3.05, 3.63) is 39.1 Å². The lowest BCUT2D eigenvalue weighted by Gasteiger charge is -2.13. The molecule has 3 N–H and O–H groups in total. The molecule has 2 heterocycles. The Bertz CT molecular complexity index is 624. The van der Waals surface area contributed by atoms with Crippen molar-refractivity contribution in [3.8, 4) is 0 Å². The number of carbonyl (C=O) groups is 2. The molecule has 0 aliphatic carbocycles. The summed E-state index contributed by atoms with van der Waals surface area (Å²) in [7, 11) is 0. The molecule has 0 bridgehead atoms. The SMILES string of the molecule is Cc1csc(C(=O)N[C@H](Cc2cnc[nH]2)C(=O)O)c1Cl. The van der Waals surface area contributed by atoms with Gasteiger partial charge < -0.3 is 15.4 Å². The Morgan fingerprint density at radius 3 is 2.85 bits per heavy atom. The van der Waals surface area contributed by atoms with E-state index in [-0.39, 0.29) is 6.42 Å². The fourth-order valence-electron chi connectivity index (χ4n) is 1.62. The van der Waals surface area contributed by atoms with Crippen molar-refractivity contribution >= 4 is 34.8 Å². The summed E-state index contributed by atoms with van der Waals surface area (Å²) in [4.78, 5) is 30.2. The van der Waals surface area contributed by atoms with Gasteiger partial charge in [0.25, 0.3) is 5.91 Å². The Labute approximate surface area is 123 Å². The summed E-state index contributed by atoms with van der Waals surface area (Å²) < 4.78 is 0. The highest BCUT2D eigenvalue weighted by molar-refractivity contribution is 7.13. The molecular weight excluding hydrogens is 302 g/mol. The van der Waals surface area contributed by atoms with Gasteiger partial charge in [0.1, 0.15) is 10.9 Å². The van der Waals surface area contributed by atoms with E-state index < -0.39 is 17.9 Å². The molecule has 0 radical (unpaired) electrons. The molecule has 0 saturated heterocycles. The third kappa shape index (κ3) is 3.17. The van der Waals surface area contributed by atoms with Crippen LogP contribution >= 0.6 is 22.9 Å². The molecule has 2 aromatic rings. The van der Waals surface area contributed by atoms with Crippen LogP contribution in [0.5, 0.6) is 0 Å². The number of halogens is 1. The van der Waals surface area contributed by atoms with Gasteiger partial charge in [0, 0.05) is 18.3 Å². The molecule has 0 fully saturated rings. The van der Waals surface area contributed by atoms with Gasteiger partial charge >= 0.3 is 5.97 Å². The van der Waals surface area contributed by atoms with Crippen LogP contribution in [0.4, 0.5) is 0 Å². The van der Waals surface area contributed by atoms with Crippen molar-refractivity contribution in [2.75, 3.05) is 0 Å². The molecule has 0 aliphatic rings. The summed E-state index contributed by atoms with van der Waals surface area (Å²) >= 11 is 7.18. The first-order valence-electron chi connectivity index (χ1n) is 5.73. The molecule has 0 aliphatic heterocycles. The summed E-state index contributed by atoms with van der Waals surface area (Å²) in [6, 6.07) is -1.04. The van der Waals surface area contributed by atoms with Gasteiger partial charge in [0.2, 0.25) is 0 Å². The van der Waals surface area contributed by atoms with E-state index in [1.165, 1.54) is 23.9 Å². The Balaban J connectivity index is 2.10. The minimum atomic E-state index is -1.11. The highest BCUT2D eigenvalue weighted by atomic mass is 35.5. The van der Waals surface area contributed by atoms with Crippen LogP contribution in [0.25, 0.3) is 0 Å². The van der Waals surface area contributed by atoms with Gasteiger partial charge in [-0.15, -0.1) is 11.3 Å². The topological polar surface area (TPSA) is 95.1 Å². The number of carbonyl (C=O) groups excluding carboxylic acids is 1. The number of imidazole rings is 1. The minimum Gasteiger partial charge on any atom is -0.480 e. The number of nitrogens with zero attached hydrogens (tertiary/aromatic N) is 1. The number of rotatable bonds is 5. The molecular formula is C12H12ClN3O3S. The number of aryl methyl sites for hydroxylation is 1. The Morgan fingerprint density at radius 1 is 1.60 bits per heavy atom. The maximum atomic E-state index is 12.0. The van der Waals surface area contributed by atoms with E-state index in [2.05, 4.69) is 15.3 Å². The zero-order chi connectivity index (χ0) is 14.7. The van der Waals surface area contributed by atoms with Gasteiger partial charge in [0.05, 0.1) is 11.3 Å². The lowest BCUT2D eigenvalue weighted by molar-refractivity contribution is -0.139. The fourth-order valence-corrected chi connectivity index (χ4v) is 2.80. The molecule has 8 heteroatoms. The Kier molecular flexibility index (Phi) is 4.41. The average Bonchev–Trinajstić information content (AvgIpc) is 3.00. The normalized spacial score (nSPS) is 12.1.